The van der Waals surface area contributed by atoms with Gasteiger partial charge in [-0.15, -0.1) is 22.6 Å². The lowest BCUT2D eigenvalue weighted by Crippen LogP contribution is -2.18. The monoisotopic (exact) mass is 334 g/mol. The third-order valence-corrected chi connectivity index (χ3v) is 3.74. The van der Waals surface area contributed by atoms with Gasteiger partial charge in [0.1, 0.15) is 0 Å². The van der Waals surface area contributed by atoms with E-state index in [0.717, 1.165) is 15.8 Å². The molecule has 0 saturated heterocycles. The number of aromatic nitrogens is 3. The molecule has 21 heavy (non-hydrogen) atoms. The molecule has 0 bridgehead atoms. The molecule has 0 N–H and O–H groups in total. The van der Waals surface area contributed by atoms with Crippen molar-refractivity contribution in [1.29, 1.82) is 0 Å². The molecule has 0 unspecified atom stereocenters. The van der Waals surface area contributed by atoms with E-state index in [0.29, 0.717) is 11.5 Å². The van der Waals surface area contributed by atoms with Gasteiger partial charge in [0, 0.05) is 5.75 Å². The van der Waals surface area contributed by atoms with E-state index in [2.05, 4.69) is 15.3 Å². The minimum absolute atomic E-state index is 0. The van der Waals surface area contributed by atoms with Crippen LogP contribution in [0.2, 0.25) is 0 Å². The fraction of sp³-hybridized carbons (Fsp3) is 0.250. The molecular weight excluding hydrogens is 325 g/mol. The van der Waals surface area contributed by atoms with Gasteiger partial charge in [0.2, 0.25) is 5.16 Å². The predicted octanol–water partition coefficient (Wildman–Crippen LogP) is 3.39. The molecule has 0 fully saturated rings. The highest BCUT2D eigenvalue weighted by molar-refractivity contribution is 7.99. The van der Waals surface area contributed by atoms with Crippen molar-refractivity contribution < 1.29 is 13.2 Å². The van der Waals surface area contributed by atoms with Crippen LogP contribution in [-0.2, 0) is 6.18 Å². The second kappa shape index (κ2) is 5.69. The van der Waals surface area contributed by atoms with Crippen LogP contribution in [0.5, 0.6) is 0 Å². The number of fused-ring (bicyclic) bond motifs is 1. The number of nitrogens with zero attached hydrogens (tertiary/aromatic N) is 4. The van der Waals surface area contributed by atoms with E-state index in [-0.39, 0.29) is 17.6 Å². The van der Waals surface area contributed by atoms with E-state index in [9.17, 15) is 13.2 Å². The lowest BCUT2D eigenvalue weighted by Gasteiger charge is -2.14. The fourth-order valence-electron chi connectivity index (χ4n) is 1.79. The van der Waals surface area contributed by atoms with Crippen molar-refractivity contribution in [2.45, 2.75) is 18.3 Å². The number of rotatable bonds is 1. The Morgan fingerprint density at radius 1 is 1.14 bits per heavy atom. The number of thioether (sulfide) groups is 1. The molecule has 3 rings (SSSR count). The maximum absolute atomic E-state index is 12.8. The summed E-state index contributed by atoms with van der Waals surface area (Å²) in [6, 6.07) is 7.48. The van der Waals surface area contributed by atoms with Crippen LogP contribution in [0.1, 0.15) is 17.0 Å². The van der Waals surface area contributed by atoms with Crippen LogP contribution in [0, 0.1) is 6.92 Å². The van der Waals surface area contributed by atoms with E-state index in [4.69, 9.17) is 0 Å². The number of hydrogen-bond acceptors (Lipinski definition) is 4. The second-order valence-electron chi connectivity index (χ2n) is 4.32. The molecule has 4 nitrogen and oxygen atoms in total. The maximum Gasteiger partial charge on any atom is 0.453 e. The molecule has 0 spiro atoms. The summed E-state index contributed by atoms with van der Waals surface area (Å²) in [6.07, 6.45) is -4.56. The first-order valence-electron chi connectivity index (χ1n) is 5.75. The minimum Gasteiger partial charge on any atom is -0.182 e. The van der Waals surface area contributed by atoms with Gasteiger partial charge >= 0.3 is 6.18 Å². The van der Waals surface area contributed by atoms with Crippen LogP contribution in [-0.4, -0.2) is 26.3 Å². The summed E-state index contributed by atoms with van der Waals surface area (Å²) >= 11 is 1.19. The first kappa shape index (κ1) is 15.8. The largest absolute Gasteiger partial charge is 0.453 e. The summed E-state index contributed by atoms with van der Waals surface area (Å²) in [5.74, 6) is -0.622. The highest BCUT2D eigenvalue weighted by atomic mass is 35.5. The standard InChI is InChI=1S/C12H9F3N4S.ClH/c1-7-2-4-8(5-3-7)9-6-20-11-17-16-10(12(13,14)15)19(11)18-9;/h2-5H,6H2,1H3;1H. The third-order valence-electron chi connectivity index (χ3n) is 2.81. The van der Waals surface area contributed by atoms with Crippen molar-refractivity contribution in [1.82, 2.24) is 14.9 Å². The van der Waals surface area contributed by atoms with Gasteiger partial charge in [0.05, 0.1) is 5.71 Å². The maximum atomic E-state index is 12.8. The Labute approximate surface area is 128 Å². The Bertz CT molecular complexity index is 679. The number of halogens is 4. The zero-order chi connectivity index (χ0) is 14.3. The SMILES string of the molecule is Cc1ccc(C2=Nn3c(nnc3C(F)(F)F)SC2)cc1.Cl. The smallest absolute Gasteiger partial charge is 0.182 e. The highest BCUT2D eigenvalue weighted by Crippen LogP contribution is 2.32. The van der Waals surface area contributed by atoms with Crippen LogP contribution < -0.4 is 0 Å². The van der Waals surface area contributed by atoms with E-state index in [1.807, 2.05) is 31.2 Å². The Morgan fingerprint density at radius 3 is 2.43 bits per heavy atom. The van der Waals surface area contributed by atoms with Crippen LogP contribution >= 0.6 is 24.2 Å². The van der Waals surface area contributed by atoms with Crippen molar-refractivity contribution >= 4 is 29.9 Å². The van der Waals surface area contributed by atoms with Crippen LogP contribution in [0.25, 0.3) is 0 Å². The average molecular weight is 335 g/mol. The molecular formula is C12H10ClF3N4S. The van der Waals surface area contributed by atoms with Gasteiger partial charge in [-0.25, -0.2) is 0 Å². The molecule has 0 saturated carbocycles. The van der Waals surface area contributed by atoms with Gasteiger partial charge in [-0.2, -0.15) is 22.9 Å². The molecule has 2 aromatic rings. The summed E-state index contributed by atoms with van der Waals surface area (Å²) in [4.78, 5) is 0. The Morgan fingerprint density at radius 2 is 1.81 bits per heavy atom. The van der Waals surface area contributed by atoms with Crippen molar-refractivity contribution in [3.63, 3.8) is 0 Å². The van der Waals surface area contributed by atoms with Gasteiger partial charge < -0.3 is 0 Å². The van der Waals surface area contributed by atoms with E-state index < -0.39 is 12.0 Å². The van der Waals surface area contributed by atoms with E-state index in [1.54, 1.807) is 0 Å². The van der Waals surface area contributed by atoms with Crippen molar-refractivity contribution in [2.75, 3.05) is 5.75 Å². The Hall–Kier alpha value is -1.54. The summed E-state index contributed by atoms with van der Waals surface area (Å²) < 4.78 is 39.1. The first-order valence-corrected chi connectivity index (χ1v) is 6.74. The quantitative estimate of drug-likeness (QED) is 0.803. The number of aryl methyl sites for hydroxylation is 1. The van der Waals surface area contributed by atoms with Crippen LogP contribution in [0.4, 0.5) is 13.2 Å². The molecule has 9 heteroatoms. The van der Waals surface area contributed by atoms with Crippen molar-refractivity contribution in [3.05, 3.63) is 41.2 Å². The summed E-state index contributed by atoms with van der Waals surface area (Å²) in [7, 11) is 0. The van der Waals surface area contributed by atoms with Gasteiger partial charge in [-0.1, -0.05) is 41.6 Å². The average Bonchev–Trinajstić information content (AvgIpc) is 2.82. The molecule has 1 aromatic heterocycles. The fourth-order valence-corrected chi connectivity index (χ4v) is 2.63. The predicted molar refractivity (Wildman–Crippen MR) is 76.1 cm³/mol. The molecule has 0 amide bonds. The highest BCUT2D eigenvalue weighted by Gasteiger charge is 2.39. The molecule has 2 heterocycles. The molecule has 1 aromatic carbocycles. The summed E-state index contributed by atoms with van der Waals surface area (Å²) in [5.41, 5.74) is 2.46. The lowest BCUT2D eigenvalue weighted by molar-refractivity contribution is -0.147. The normalized spacial score (nSPS) is 14.2. The summed E-state index contributed by atoms with van der Waals surface area (Å²) in [5, 5.41) is 10.9. The molecule has 112 valence electrons. The molecule has 0 atom stereocenters. The minimum atomic E-state index is -4.56. The van der Waals surface area contributed by atoms with Gasteiger partial charge in [0.25, 0.3) is 5.82 Å². The first-order chi connectivity index (χ1) is 9.45. The second-order valence-corrected chi connectivity index (χ2v) is 5.26. The Balaban J connectivity index is 0.00000161. The Kier molecular flexibility index (Phi) is 4.29. The van der Waals surface area contributed by atoms with Crippen LogP contribution in [0.3, 0.4) is 0 Å². The van der Waals surface area contributed by atoms with Gasteiger partial charge in [-0.05, 0) is 12.5 Å². The molecule has 1 aliphatic heterocycles. The van der Waals surface area contributed by atoms with E-state index in [1.165, 1.54) is 11.8 Å². The molecule has 0 radical (unpaired) electrons. The van der Waals surface area contributed by atoms with Crippen molar-refractivity contribution in [2.24, 2.45) is 5.10 Å². The van der Waals surface area contributed by atoms with E-state index >= 15 is 0 Å². The van der Waals surface area contributed by atoms with Gasteiger partial charge in [0.15, 0.2) is 0 Å². The number of benzene rings is 1. The third kappa shape index (κ3) is 3.06. The van der Waals surface area contributed by atoms with Crippen molar-refractivity contribution in [3.8, 4) is 0 Å². The van der Waals surface area contributed by atoms with Gasteiger partial charge in [-0.3, -0.25) is 0 Å². The number of alkyl halides is 3. The zero-order valence-corrected chi connectivity index (χ0v) is 12.4. The summed E-state index contributed by atoms with van der Waals surface area (Å²) in [6.45, 7) is 1.95. The number of hydrogen-bond donors (Lipinski definition) is 0. The zero-order valence-electron chi connectivity index (χ0n) is 10.8. The molecule has 0 aliphatic carbocycles. The van der Waals surface area contributed by atoms with Crippen LogP contribution in [0.15, 0.2) is 34.5 Å². The topological polar surface area (TPSA) is 43.1 Å². The molecule has 1 aliphatic rings. The lowest BCUT2D eigenvalue weighted by atomic mass is 10.1.